The van der Waals surface area contributed by atoms with Crippen LogP contribution in [0.3, 0.4) is 0 Å². The molecule has 0 amide bonds. The van der Waals surface area contributed by atoms with E-state index >= 15 is 0 Å². The number of phenolic OH excluding ortho intramolecular Hbond substituents is 1. The van der Waals surface area contributed by atoms with Crippen LogP contribution >= 0.6 is 15.9 Å². The molecule has 21 heavy (non-hydrogen) atoms. The SMILES string of the molecule is COc1ccc(O)c(-c2nc(-c3cncc(Br)c3)no2)c1. The minimum atomic E-state index is 0.0402. The Kier molecular flexibility index (Phi) is 3.57. The molecule has 106 valence electrons. The molecule has 6 nitrogen and oxygen atoms in total. The van der Waals surface area contributed by atoms with Gasteiger partial charge in [-0.25, -0.2) is 0 Å². The molecule has 0 aliphatic rings. The fraction of sp³-hybridized carbons (Fsp3) is 0.0714. The molecule has 3 rings (SSSR count). The van der Waals surface area contributed by atoms with E-state index in [4.69, 9.17) is 9.26 Å². The van der Waals surface area contributed by atoms with Crippen molar-refractivity contribution in [3.8, 4) is 34.3 Å². The van der Waals surface area contributed by atoms with Gasteiger partial charge in [0.15, 0.2) is 0 Å². The lowest BCUT2D eigenvalue weighted by Gasteiger charge is -2.02. The van der Waals surface area contributed by atoms with Crippen LogP contribution in [0, 0.1) is 0 Å². The molecule has 1 N–H and O–H groups in total. The average molecular weight is 348 g/mol. The number of hydrogen-bond donors (Lipinski definition) is 1. The summed E-state index contributed by atoms with van der Waals surface area (Å²) in [5, 5.41) is 13.8. The van der Waals surface area contributed by atoms with Gasteiger partial charge < -0.3 is 14.4 Å². The van der Waals surface area contributed by atoms with Crippen molar-refractivity contribution in [2.75, 3.05) is 7.11 Å². The highest BCUT2D eigenvalue weighted by molar-refractivity contribution is 9.10. The first kappa shape index (κ1) is 13.6. The molecule has 2 aromatic heterocycles. The molecule has 3 aromatic rings. The van der Waals surface area contributed by atoms with E-state index in [1.165, 1.54) is 6.07 Å². The zero-order valence-electron chi connectivity index (χ0n) is 10.9. The van der Waals surface area contributed by atoms with Gasteiger partial charge in [-0.2, -0.15) is 4.98 Å². The summed E-state index contributed by atoms with van der Waals surface area (Å²) in [5.41, 5.74) is 1.12. The van der Waals surface area contributed by atoms with Crippen LogP contribution < -0.4 is 4.74 Å². The Labute approximate surface area is 128 Å². The first-order valence-electron chi connectivity index (χ1n) is 5.99. The summed E-state index contributed by atoms with van der Waals surface area (Å²) in [4.78, 5) is 8.32. The van der Waals surface area contributed by atoms with Gasteiger partial charge in [-0.15, -0.1) is 0 Å². The van der Waals surface area contributed by atoms with E-state index in [-0.39, 0.29) is 11.6 Å². The van der Waals surface area contributed by atoms with E-state index < -0.39 is 0 Å². The second-order valence-corrected chi connectivity index (χ2v) is 5.11. The summed E-state index contributed by atoms with van der Waals surface area (Å²) in [5.74, 6) is 1.23. The Morgan fingerprint density at radius 1 is 1.24 bits per heavy atom. The predicted octanol–water partition coefficient (Wildman–Crippen LogP) is 3.28. The monoisotopic (exact) mass is 347 g/mol. The Bertz CT molecular complexity index is 789. The van der Waals surface area contributed by atoms with Crippen LogP contribution in [-0.2, 0) is 0 Å². The maximum atomic E-state index is 9.90. The molecule has 0 unspecified atom stereocenters. The molecule has 0 radical (unpaired) electrons. The topological polar surface area (TPSA) is 81.3 Å². The summed E-state index contributed by atoms with van der Waals surface area (Å²) in [6.45, 7) is 0. The Morgan fingerprint density at radius 2 is 2.10 bits per heavy atom. The zero-order chi connectivity index (χ0) is 14.8. The van der Waals surface area contributed by atoms with Crippen molar-refractivity contribution in [1.29, 1.82) is 0 Å². The number of nitrogens with zero attached hydrogens (tertiary/aromatic N) is 3. The quantitative estimate of drug-likeness (QED) is 0.782. The van der Waals surface area contributed by atoms with Gasteiger partial charge in [0.05, 0.1) is 12.7 Å². The van der Waals surface area contributed by atoms with Gasteiger partial charge in [-0.1, -0.05) is 5.16 Å². The summed E-state index contributed by atoms with van der Waals surface area (Å²) in [6.07, 6.45) is 3.29. The number of aromatic nitrogens is 3. The molecule has 0 fully saturated rings. The lowest BCUT2D eigenvalue weighted by atomic mass is 10.2. The van der Waals surface area contributed by atoms with Crippen LogP contribution in [0.5, 0.6) is 11.5 Å². The van der Waals surface area contributed by atoms with E-state index in [1.54, 1.807) is 31.6 Å². The third-order valence-electron chi connectivity index (χ3n) is 2.82. The molecule has 0 saturated carbocycles. The predicted molar refractivity (Wildman–Crippen MR) is 78.9 cm³/mol. The van der Waals surface area contributed by atoms with Crippen molar-refractivity contribution in [2.24, 2.45) is 0 Å². The van der Waals surface area contributed by atoms with Crippen LogP contribution in [-0.4, -0.2) is 27.3 Å². The number of aromatic hydroxyl groups is 1. The molecule has 0 spiro atoms. The molecule has 0 aliphatic carbocycles. The smallest absolute Gasteiger partial charge is 0.262 e. The largest absolute Gasteiger partial charge is 0.507 e. The molecule has 0 saturated heterocycles. The standard InChI is InChI=1S/C14H10BrN3O3/c1-20-10-2-3-12(19)11(5-10)14-17-13(18-21-14)8-4-9(15)7-16-6-8/h2-7,19H,1H3. The number of ether oxygens (including phenoxy) is 1. The van der Waals surface area contributed by atoms with Gasteiger partial charge >= 0.3 is 0 Å². The zero-order valence-corrected chi connectivity index (χ0v) is 12.5. The Hall–Kier alpha value is -2.41. The van der Waals surface area contributed by atoms with E-state index in [9.17, 15) is 5.11 Å². The summed E-state index contributed by atoms with van der Waals surface area (Å²) in [7, 11) is 1.54. The van der Waals surface area contributed by atoms with Crippen LogP contribution in [0.15, 0.2) is 45.7 Å². The van der Waals surface area contributed by atoms with E-state index in [0.717, 1.165) is 4.47 Å². The number of methoxy groups -OCH3 is 1. The minimum absolute atomic E-state index is 0.0402. The minimum Gasteiger partial charge on any atom is -0.507 e. The molecule has 0 aliphatic heterocycles. The van der Waals surface area contributed by atoms with E-state index in [2.05, 4.69) is 31.1 Å². The fourth-order valence-corrected chi connectivity index (χ4v) is 2.16. The molecule has 0 atom stereocenters. The second kappa shape index (κ2) is 5.53. The van der Waals surface area contributed by atoms with Crippen LogP contribution in [0.1, 0.15) is 0 Å². The molecule has 7 heteroatoms. The third-order valence-corrected chi connectivity index (χ3v) is 3.26. The summed E-state index contributed by atoms with van der Waals surface area (Å²) < 4.78 is 11.1. The maximum Gasteiger partial charge on any atom is 0.262 e. The van der Waals surface area contributed by atoms with Crippen LogP contribution in [0.4, 0.5) is 0 Å². The lowest BCUT2D eigenvalue weighted by molar-refractivity contribution is 0.408. The normalized spacial score (nSPS) is 10.6. The van der Waals surface area contributed by atoms with Crippen molar-refractivity contribution in [1.82, 2.24) is 15.1 Å². The second-order valence-electron chi connectivity index (χ2n) is 4.20. The number of halogens is 1. The molecule has 0 bridgehead atoms. The van der Waals surface area contributed by atoms with Gasteiger partial charge in [0.25, 0.3) is 5.89 Å². The number of rotatable bonds is 3. The van der Waals surface area contributed by atoms with Crippen molar-refractivity contribution in [3.63, 3.8) is 0 Å². The van der Waals surface area contributed by atoms with Crippen molar-refractivity contribution >= 4 is 15.9 Å². The number of benzene rings is 1. The first-order valence-corrected chi connectivity index (χ1v) is 6.78. The van der Waals surface area contributed by atoms with Gasteiger partial charge in [0.2, 0.25) is 5.82 Å². The number of pyridine rings is 1. The molecule has 1 aromatic carbocycles. The Morgan fingerprint density at radius 3 is 2.86 bits per heavy atom. The average Bonchev–Trinajstić information content (AvgIpc) is 2.97. The van der Waals surface area contributed by atoms with Gasteiger partial charge in [-0.05, 0) is 40.2 Å². The third kappa shape index (κ3) is 2.73. The lowest BCUT2D eigenvalue weighted by Crippen LogP contribution is -1.86. The van der Waals surface area contributed by atoms with Gasteiger partial charge in [0, 0.05) is 22.4 Å². The van der Waals surface area contributed by atoms with E-state index in [0.29, 0.717) is 22.7 Å². The van der Waals surface area contributed by atoms with Crippen LogP contribution in [0.25, 0.3) is 22.8 Å². The molecular formula is C14H10BrN3O3. The maximum absolute atomic E-state index is 9.90. The van der Waals surface area contributed by atoms with Gasteiger partial charge in [0.1, 0.15) is 11.5 Å². The molecular weight excluding hydrogens is 338 g/mol. The summed E-state index contributed by atoms with van der Waals surface area (Å²) >= 11 is 3.34. The molecule has 2 heterocycles. The highest BCUT2D eigenvalue weighted by Gasteiger charge is 2.15. The number of phenols is 1. The van der Waals surface area contributed by atoms with Crippen molar-refractivity contribution < 1.29 is 14.4 Å². The van der Waals surface area contributed by atoms with Crippen LogP contribution in [0.2, 0.25) is 0 Å². The highest BCUT2D eigenvalue weighted by Crippen LogP contribution is 2.32. The van der Waals surface area contributed by atoms with Crippen molar-refractivity contribution in [3.05, 3.63) is 41.1 Å². The fourth-order valence-electron chi connectivity index (χ4n) is 1.80. The van der Waals surface area contributed by atoms with E-state index in [1.807, 2.05) is 6.07 Å². The Balaban J connectivity index is 2.02. The summed E-state index contributed by atoms with van der Waals surface area (Å²) in [6, 6.07) is 6.62. The number of hydrogen-bond acceptors (Lipinski definition) is 6. The van der Waals surface area contributed by atoms with Gasteiger partial charge in [-0.3, -0.25) is 4.98 Å². The van der Waals surface area contributed by atoms with Crippen molar-refractivity contribution in [2.45, 2.75) is 0 Å². The first-order chi connectivity index (χ1) is 10.2. The highest BCUT2D eigenvalue weighted by atomic mass is 79.9.